The van der Waals surface area contributed by atoms with E-state index >= 15 is 0 Å². The van der Waals surface area contributed by atoms with E-state index < -0.39 is 0 Å². The molecule has 1 saturated heterocycles. The number of benzene rings is 2. The molecular formula is C22H20ClN3O. The van der Waals surface area contributed by atoms with E-state index in [4.69, 9.17) is 26.6 Å². The van der Waals surface area contributed by atoms with Crippen LogP contribution < -0.4 is 9.64 Å². The average Bonchev–Trinajstić information content (AvgIpc) is 3.20. The summed E-state index contributed by atoms with van der Waals surface area (Å²) in [5.74, 6) is 0.647. The molecule has 0 N–H and O–H groups in total. The second-order valence-corrected chi connectivity index (χ2v) is 7.28. The van der Waals surface area contributed by atoms with Crippen molar-refractivity contribution in [1.82, 2.24) is 4.98 Å². The number of ether oxygens (including phenoxy) is 1. The standard InChI is InChI=1S/C22H20ClN3O/c1-15-10-22(26-8-2-3-9-26)19-7-4-16(11-21(19)25-15)14-27-18-6-5-17(13-24)20(23)12-18/h4-7,10-12H,2-3,8-9,14H2,1H3. The summed E-state index contributed by atoms with van der Waals surface area (Å²) in [7, 11) is 0. The van der Waals surface area contributed by atoms with Gasteiger partial charge in [0.15, 0.2) is 0 Å². The van der Waals surface area contributed by atoms with Gasteiger partial charge in [0.1, 0.15) is 18.4 Å². The number of halogens is 1. The highest BCUT2D eigenvalue weighted by Crippen LogP contribution is 2.30. The molecule has 5 heteroatoms. The lowest BCUT2D eigenvalue weighted by Crippen LogP contribution is -2.18. The number of hydrogen-bond donors (Lipinski definition) is 0. The normalized spacial score (nSPS) is 13.7. The fourth-order valence-corrected chi connectivity index (χ4v) is 3.75. The summed E-state index contributed by atoms with van der Waals surface area (Å²) in [5, 5.41) is 10.5. The van der Waals surface area contributed by atoms with Gasteiger partial charge in [0.2, 0.25) is 0 Å². The monoisotopic (exact) mass is 377 g/mol. The Labute approximate surface area is 164 Å². The highest BCUT2D eigenvalue weighted by atomic mass is 35.5. The minimum absolute atomic E-state index is 0.404. The second-order valence-electron chi connectivity index (χ2n) is 6.87. The number of nitrogens with zero attached hydrogens (tertiary/aromatic N) is 3. The van der Waals surface area contributed by atoms with Crippen LogP contribution in [0.25, 0.3) is 10.9 Å². The van der Waals surface area contributed by atoms with Crippen molar-refractivity contribution in [2.75, 3.05) is 18.0 Å². The highest BCUT2D eigenvalue weighted by Gasteiger charge is 2.16. The zero-order valence-corrected chi connectivity index (χ0v) is 16.0. The van der Waals surface area contributed by atoms with Crippen LogP contribution in [0.3, 0.4) is 0 Å². The number of nitriles is 1. The van der Waals surface area contributed by atoms with E-state index in [2.05, 4.69) is 35.2 Å². The topological polar surface area (TPSA) is 49.1 Å². The van der Waals surface area contributed by atoms with E-state index in [1.54, 1.807) is 18.2 Å². The van der Waals surface area contributed by atoms with Crippen molar-refractivity contribution < 1.29 is 4.74 Å². The average molecular weight is 378 g/mol. The zero-order chi connectivity index (χ0) is 18.8. The van der Waals surface area contributed by atoms with Gasteiger partial charge >= 0.3 is 0 Å². The van der Waals surface area contributed by atoms with Gasteiger partial charge in [-0.2, -0.15) is 5.26 Å². The van der Waals surface area contributed by atoms with Crippen molar-refractivity contribution >= 4 is 28.2 Å². The van der Waals surface area contributed by atoms with E-state index in [9.17, 15) is 0 Å². The van der Waals surface area contributed by atoms with Crippen LogP contribution in [-0.4, -0.2) is 18.1 Å². The summed E-state index contributed by atoms with van der Waals surface area (Å²) >= 11 is 6.07. The molecule has 4 nitrogen and oxygen atoms in total. The molecule has 136 valence electrons. The minimum atomic E-state index is 0.404. The van der Waals surface area contributed by atoms with Crippen LogP contribution in [0.15, 0.2) is 42.5 Å². The molecule has 1 fully saturated rings. The van der Waals surface area contributed by atoms with Gasteiger partial charge in [-0.25, -0.2) is 0 Å². The van der Waals surface area contributed by atoms with Crippen LogP contribution in [0.1, 0.15) is 29.7 Å². The zero-order valence-electron chi connectivity index (χ0n) is 15.2. The molecule has 27 heavy (non-hydrogen) atoms. The van der Waals surface area contributed by atoms with Crippen LogP contribution in [0, 0.1) is 18.3 Å². The Kier molecular flexibility index (Phi) is 4.87. The number of fused-ring (bicyclic) bond motifs is 1. The molecule has 2 aromatic carbocycles. The predicted octanol–water partition coefficient (Wildman–Crippen LogP) is 5.25. The SMILES string of the molecule is Cc1cc(N2CCCC2)c2ccc(COc3ccc(C#N)c(Cl)c3)cc2n1. The van der Waals surface area contributed by atoms with Gasteiger partial charge in [-0.05, 0) is 49.6 Å². The maximum atomic E-state index is 8.96. The summed E-state index contributed by atoms with van der Waals surface area (Å²) in [6, 6.07) is 15.7. The molecule has 0 atom stereocenters. The van der Waals surface area contributed by atoms with Crippen molar-refractivity contribution in [3.05, 3.63) is 64.3 Å². The number of anilines is 1. The van der Waals surface area contributed by atoms with E-state index in [0.717, 1.165) is 29.9 Å². The molecule has 0 radical (unpaired) electrons. The van der Waals surface area contributed by atoms with Crippen LogP contribution in [0.4, 0.5) is 5.69 Å². The molecule has 1 aliphatic heterocycles. The van der Waals surface area contributed by atoms with Gasteiger partial charge in [0, 0.05) is 35.9 Å². The first-order valence-electron chi connectivity index (χ1n) is 9.12. The van der Waals surface area contributed by atoms with Crippen molar-refractivity contribution in [2.24, 2.45) is 0 Å². The highest BCUT2D eigenvalue weighted by molar-refractivity contribution is 6.31. The molecule has 0 spiro atoms. The van der Waals surface area contributed by atoms with Crippen LogP contribution in [0.5, 0.6) is 5.75 Å². The molecule has 4 rings (SSSR count). The maximum Gasteiger partial charge on any atom is 0.121 e. The predicted molar refractivity (Wildman–Crippen MR) is 108 cm³/mol. The molecule has 0 aliphatic carbocycles. The lowest BCUT2D eigenvalue weighted by atomic mass is 10.1. The molecule has 0 bridgehead atoms. The number of pyridine rings is 1. The summed E-state index contributed by atoms with van der Waals surface area (Å²) < 4.78 is 5.85. The van der Waals surface area contributed by atoms with Crippen molar-refractivity contribution in [2.45, 2.75) is 26.4 Å². The summed E-state index contributed by atoms with van der Waals surface area (Å²) in [5.41, 5.74) is 4.80. The quantitative estimate of drug-likeness (QED) is 0.623. The maximum absolute atomic E-state index is 8.96. The summed E-state index contributed by atoms with van der Waals surface area (Å²) in [4.78, 5) is 7.17. The fourth-order valence-electron chi connectivity index (χ4n) is 3.54. The Morgan fingerprint density at radius 2 is 1.96 bits per heavy atom. The Morgan fingerprint density at radius 1 is 1.15 bits per heavy atom. The molecule has 0 amide bonds. The fraction of sp³-hybridized carbons (Fsp3) is 0.273. The Hall–Kier alpha value is -2.77. The molecule has 2 heterocycles. The number of aromatic nitrogens is 1. The molecular weight excluding hydrogens is 358 g/mol. The van der Waals surface area contributed by atoms with E-state index in [-0.39, 0.29) is 0 Å². The third kappa shape index (κ3) is 3.70. The van der Waals surface area contributed by atoms with Crippen LogP contribution >= 0.6 is 11.6 Å². The van der Waals surface area contributed by atoms with Crippen molar-refractivity contribution in [1.29, 1.82) is 5.26 Å². The third-order valence-corrected chi connectivity index (χ3v) is 5.21. The lowest BCUT2D eigenvalue weighted by molar-refractivity contribution is 0.306. The van der Waals surface area contributed by atoms with Crippen LogP contribution in [0.2, 0.25) is 5.02 Å². The molecule has 3 aromatic rings. The summed E-state index contributed by atoms with van der Waals surface area (Å²) in [6.07, 6.45) is 2.50. The Balaban J connectivity index is 1.58. The minimum Gasteiger partial charge on any atom is -0.489 e. The molecule has 1 aliphatic rings. The summed E-state index contributed by atoms with van der Waals surface area (Å²) in [6.45, 7) is 4.69. The van der Waals surface area contributed by atoms with Crippen molar-refractivity contribution in [3.8, 4) is 11.8 Å². The van der Waals surface area contributed by atoms with Gasteiger partial charge in [0.05, 0.1) is 16.1 Å². The largest absolute Gasteiger partial charge is 0.489 e. The van der Waals surface area contributed by atoms with E-state index in [1.165, 1.54) is 23.9 Å². The van der Waals surface area contributed by atoms with Gasteiger partial charge in [-0.15, -0.1) is 0 Å². The van der Waals surface area contributed by atoms with Gasteiger partial charge in [-0.3, -0.25) is 4.98 Å². The molecule has 0 unspecified atom stereocenters. The first-order valence-corrected chi connectivity index (χ1v) is 9.49. The first kappa shape index (κ1) is 17.6. The lowest BCUT2D eigenvalue weighted by Gasteiger charge is -2.20. The Morgan fingerprint density at radius 3 is 2.70 bits per heavy atom. The third-order valence-electron chi connectivity index (χ3n) is 4.89. The first-order chi connectivity index (χ1) is 13.1. The van der Waals surface area contributed by atoms with Crippen molar-refractivity contribution in [3.63, 3.8) is 0 Å². The Bertz CT molecular complexity index is 1040. The number of hydrogen-bond acceptors (Lipinski definition) is 4. The van der Waals surface area contributed by atoms with Gasteiger partial charge in [0.25, 0.3) is 0 Å². The second kappa shape index (κ2) is 7.46. The van der Waals surface area contributed by atoms with E-state index in [1.807, 2.05) is 6.92 Å². The van der Waals surface area contributed by atoms with Gasteiger partial charge in [-0.1, -0.05) is 23.7 Å². The smallest absolute Gasteiger partial charge is 0.121 e. The number of rotatable bonds is 4. The van der Waals surface area contributed by atoms with Gasteiger partial charge < -0.3 is 9.64 Å². The van der Waals surface area contributed by atoms with E-state index in [0.29, 0.717) is 22.9 Å². The van der Waals surface area contributed by atoms with Crippen LogP contribution in [-0.2, 0) is 6.61 Å². The molecule has 0 saturated carbocycles. The number of aryl methyl sites for hydroxylation is 1. The molecule has 1 aromatic heterocycles.